The third kappa shape index (κ3) is 4.02. The zero-order chi connectivity index (χ0) is 22.2. The summed E-state index contributed by atoms with van der Waals surface area (Å²) < 4.78 is 39.3. The number of fused-ring (bicyclic) bond motifs is 1. The molecule has 1 aromatic carbocycles. The number of urea groups is 1. The van der Waals surface area contributed by atoms with Crippen LogP contribution < -0.4 is 15.1 Å². The van der Waals surface area contributed by atoms with Crippen LogP contribution in [0.2, 0.25) is 0 Å². The van der Waals surface area contributed by atoms with Gasteiger partial charge in [-0.3, -0.25) is 15.0 Å². The van der Waals surface area contributed by atoms with E-state index in [0.717, 1.165) is 17.0 Å². The minimum absolute atomic E-state index is 0.142. The first-order valence-corrected chi connectivity index (χ1v) is 9.04. The number of aromatic nitrogens is 3. The number of amides is 3. The van der Waals surface area contributed by atoms with Gasteiger partial charge in [-0.1, -0.05) is 12.1 Å². The van der Waals surface area contributed by atoms with Crippen molar-refractivity contribution >= 4 is 29.3 Å². The number of nitrogens with one attached hydrogen (secondary N) is 1. The molecule has 1 N–H and O–H groups in total. The van der Waals surface area contributed by atoms with Crippen LogP contribution in [0.5, 0.6) is 0 Å². The highest BCUT2D eigenvalue weighted by Gasteiger charge is 2.33. The summed E-state index contributed by atoms with van der Waals surface area (Å²) in [5, 5.41) is 2.55. The lowest BCUT2D eigenvalue weighted by Gasteiger charge is -2.33. The Balaban J connectivity index is 1.74. The van der Waals surface area contributed by atoms with Crippen molar-refractivity contribution in [1.82, 2.24) is 15.0 Å². The van der Waals surface area contributed by atoms with E-state index >= 15 is 0 Å². The van der Waals surface area contributed by atoms with Crippen LogP contribution in [-0.2, 0) is 11.0 Å². The summed E-state index contributed by atoms with van der Waals surface area (Å²) in [6, 6.07) is 8.59. The monoisotopic (exact) mass is 428 g/mol. The molecule has 0 spiro atoms. The summed E-state index contributed by atoms with van der Waals surface area (Å²) in [6.07, 6.45) is -1.81. The molecule has 0 saturated heterocycles. The number of anilines is 3. The van der Waals surface area contributed by atoms with Crippen molar-refractivity contribution in [3.8, 4) is 11.3 Å². The Hall–Kier alpha value is -4.02. The zero-order valence-corrected chi connectivity index (χ0v) is 16.1. The van der Waals surface area contributed by atoms with Crippen molar-refractivity contribution in [3.63, 3.8) is 0 Å². The van der Waals surface area contributed by atoms with Crippen molar-refractivity contribution in [3.05, 3.63) is 60.6 Å². The molecule has 0 fully saturated rings. The van der Waals surface area contributed by atoms with Crippen LogP contribution in [-0.4, -0.2) is 40.5 Å². The fraction of sp³-hybridized carbons (Fsp3) is 0.150. The molecule has 31 heavy (non-hydrogen) atoms. The molecule has 3 amide bonds. The fourth-order valence-electron chi connectivity index (χ4n) is 3.08. The number of nitrogens with zero attached hydrogens (tertiary/aromatic N) is 5. The Kier molecular flexibility index (Phi) is 5.01. The molecule has 3 heterocycles. The third-order valence-corrected chi connectivity index (χ3v) is 4.69. The largest absolute Gasteiger partial charge is 0.416 e. The van der Waals surface area contributed by atoms with Crippen molar-refractivity contribution in [2.75, 3.05) is 28.7 Å². The third-order valence-electron chi connectivity index (χ3n) is 4.69. The van der Waals surface area contributed by atoms with Crippen LogP contribution in [0.15, 0.2) is 55.0 Å². The van der Waals surface area contributed by atoms with E-state index in [4.69, 9.17) is 0 Å². The first kappa shape index (κ1) is 20.3. The first-order chi connectivity index (χ1) is 14.7. The predicted octanol–water partition coefficient (Wildman–Crippen LogP) is 3.57. The van der Waals surface area contributed by atoms with E-state index in [1.807, 2.05) is 0 Å². The van der Waals surface area contributed by atoms with E-state index < -0.39 is 17.8 Å². The number of carbonyl (C=O) groups is 2. The molecule has 1 aliphatic heterocycles. The van der Waals surface area contributed by atoms with Gasteiger partial charge in [-0.25, -0.2) is 19.7 Å². The molecule has 3 aromatic rings. The van der Waals surface area contributed by atoms with Crippen molar-refractivity contribution in [2.45, 2.75) is 6.18 Å². The topological polar surface area (TPSA) is 91.3 Å². The Morgan fingerprint density at radius 1 is 1.16 bits per heavy atom. The summed E-state index contributed by atoms with van der Waals surface area (Å²) in [5.74, 6) is 0.0180. The fourth-order valence-corrected chi connectivity index (χ4v) is 3.08. The van der Waals surface area contributed by atoms with Gasteiger partial charge in [0.25, 0.3) is 0 Å². The Bertz CT molecular complexity index is 1150. The minimum Gasteiger partial charge on any atom is -0.311 e. The van der Waals surface area contributed by atoms with Crippen LogP contribution in [0.3, 0.4) is 0 Å². The van der Waals surface area contributed by atoms with Crippen LogP contribution in [0.25, 0.3) is 11.3 Å². The van der Waals surface area contributed by atoms with Gasteiger partial charge in [-0.2, -0.15) is 13.2 Å². The van der Waals surface area contributed by atoms with Gasteiger partial charge in [0, 0.05) is 18.8 Å². The van der Waals surface area contributed by atoms with Gasteiger partial charge in [-0.15, -0.1) is 0 Å². The lowest BCUT2D eigenvalue weighted by Crippen LogP contribution is -2.48. The number of rotatable bonds is 2. The molecule has 1 aliphatic rings. The second-order valence-electron chi connectivity index (χ2n) is 6.68. The molecule has 158 valence electrons. The number of halogens is 3. The van der Waals surface area contributed by atoms with Gasteiger partial charge in [0.15, 0.2) is 5.82 Å². The van der Waals surface area contributed by atoms with Gasteiger partial charge < -0.3 is 4.90 Å². The molecule has 4 rings (SSSR count). The molecule has 11 heteroatoms. The summed E-state index contributed by atoms with van der Waals surface area (Å²) in [6.45, 7) is -0.292. The number of benzene rings is 1. The Labute approximate surface area is 174 Å². The smallest absolute Gasteiger partial charge is 0.311 e. The molecule has 0 unspecified atom stereocenters. The molecule has 0 aliphatic carbocycles. The summed E-state index contributed by atoms with van der Waals surface area (Å²) in [5.41, 5.74) is 0.000706. The summed E-state index contributed by atoms with van der Waals surface area (Å²) in [7, 11) is 1.53. The van der Waals surface area contributed by atoms with E-state index in [2.05, 4.69) is 20.3 Å². The number of hydrogen-bond acceptors (Lipinski definition) is 5. The molecule has 0 saturated carbocycles. The van der Waals surface area contributed by atoms with Crippen molar-refractivity contribution < 1.29 is 22.8 Å². The Morgan fingerprint density at radius 2 is 1.97 bits per heavy atom. The number of pyridine rings is 1. The number of alkyl halides is 3. The number of hydrogen-bond donors (Lipinski definition) is 1. The van der Waals surface area contributed by atoms with E-state index in [-0.39, 0.29) is 35.3 Å². The average molecular weight is 428 g/mol. The molecule has 0 bridgehead atoms. The van der Waals surface area contributed by atoms with Crippen molar-refractivity contribution in [2.24, 2.45) is 0 Å². The quantitative estimate of drug-likeness (QED) is 0.674. The molecule has 8 nitrogen and oxygen atoms in total. The average Bonchev–Trinajstić information content (AvgIpc) is 2.76. The highest BCUT2D eigenvalue weighted by Crippen LogP contribution is 2.36. The van der Waals surface area contributed by atoms with Crippen molar-refractivity contribution in [1.29, 1.82) is 0 Å². The summed E-state index contributed by atoms with van der Waals surface area (Å²) >= 11 is 0. The van der Waals surface area contributed by atoms with Gasteiger partial charge in [0.05, 0.1) is 16.9 Å². The maximum atomic E-state index is 13.1. The van der Waals surface area contributed by atoms with Crippen LogP contribution in [0.4, 0.5) is 35.3 Å². The van der Waals surface area contributed by atoms with Gasteiger partial charge >= 0.3 is 12.2 Å². The van der Waals surface area contributed by atoms with E-state index in [0.29, 0.717) is 5.69 Å². The minimum atomic E-state index is -4.50. The molecular weight excluding hydrogens is 413 g/mol. The first-order valence-electron chi connectivity index (χ1n) is 9.04. The van der Waals surface area contributed by atoms with E-state index in [1.54, 1.807) is 6.07 Å². The summed E-state index contributed by atoms with van der Waals surface area (Å²) in [4.78, 5) is 39.7. The van der Waals surface area contributed by atoms with Crippen LogP contribution in [0, 0.1) is 0 Å². The van der Waals surface area contributed by atoms with Gasteiger partial charge in [-0.05, 0) is 30.3 Å². The van der Waals surface area contributed by atoms with E-state index in [9.17, 15) is 22.8 Å². The van der Waals surface area contributed by atoms with Crippen LogP contribution in [0.1, 0.15) is 5.56 Å². The lowest BCUT2D eigenvalue weighted by molar-refractivity contribution is -0.137. The van der Waals surface area contributed by atoms with Gasteiger partial charge in [0.1, 0.15) is 18.7 Å². The predicted molar refractivity (Wildman–Crippen MR) is 106 cm³/mol. The molecule has 0 radical (unpaired) electrons. The van der Waals surface area contributed by atoms with Gasteiger partial charge in [0.2, 0.25) is 5.91 Å². The zero-order valence-electron chi connectivity index (χ0n) is 16.1. The SMILES string of the molecule is CN1C(=O)CN(C(=O)Nc2ccncn2)c2nc(-c3cccc(C(F)(F)F)c3)ccc21. The molecular formula is C20H15F3N6O2. The molecule has 0 atom stereocenters. The molecule has 2 aromatic heterocycles. The lowest BCUT2D eigenvalue weighted by atomic mass is 10.1. The number of carbonyl (C=O) groups excluding carboxylic acids is 2. The second-order valence-corrected chi connectivity index (χ2v) is 6.68. The maximum absolute atomic E-state index is 13.1. The normalized spacial score (nSPS) is 13.7. The maximum Gasteiger partial charge on any atom is 0.416 e. The Morgan fingerprint density at radius 3 is 2.68 bits per heavy atom. The number of likely N-dealkylation sites (N-methyl/N-ethyl adjacent to an activating group) is 1. The van der Waals surface area contributed by atoms with E-state index in [1.165, 1.54) is 48.7 Å². The standard InChI is InChI=1S/C20H15F3N6O2/c1-28-15-6-5-14(12-3-2-4-13(9-12)20(21,22)23)26-18(15)29(10-17(28)30)19(31)27-16-7-8-24-11-25-16/h2-9,11H,10H2,1H3,(H,24,25,27,31). The highest BCUT2D eigenvalue weighted by atomic mass is 19.4. The second kappa shape index (κ2) is 7.67. The van der Waals surface area contributed by atoms with Crippen LogP contribution >= 0.6 is 0 Å². The highest BCUT2D eigenvalue weighted by molar-refractivity contribution is 6.12.